The Morgan fingerprint density at radius 3 is 2.36 bits per heavy atom. The molecule has 7 heteroatoms. The lowest BCUT2D eigenvalue weighted by Gasteiger charge is -2.23. The Morgan fingerprint density at radius 1 is 0.879 bits per heavy atom. The van der Waals surface area contributed by atoms with Crippen LogP contribution in [0, 0.1) is 23.3 Å². The van der Waals surface area contributed by atoms with Crippen molar-refractivity contribution in [1.29, 1.82) is 0 Å². The molecule has 2 aliphatic carbocycles. The van der Waals surface area contributed by atoms with Crippen LogP contribution < -0.4 is 0 Å². The zero-order valence-corrected chi connectivity index (χ0v) is 18.4. The molecule has 0 spiro atoms. The van der Waals surface area contributed by atoms with Gasteiger partial charge in [-0.3, -0.25) is 0 Å². The molecule has 1 saturated carbocycles. The molecule has 0 bridgehead atoms. The van der Waals surface area contributed by atoms with Crippen LogP contribution in [0.15, 0.2) is 30.3 Å². The lowest BCUT2D eigenvalue weighted by Crippen LogP contribution is -2.12. The summed E-state index contributed by atoms with van der Waals surface area (Å²) in [7, 11) is 0. The van der Waals surface area contributed by atoms with E-state index in [1.165, 1.54) is 6.42 Å². The van der Waals surface area contributed by atoms with Crippen LogP contribution in [0.2, 0.25) is 0 Å². The minimum absolute atomic E-state index is 0.225. The second kappa shape index (κ2) is 8.76. The van der Waals surface area contributed by atoms with E-state index in [0.717, 1.165) is 60.6 Å². The SMILES string of the molecule is CCCC1=C(c2cc(F)c(F)c(F)c2F)C(c2n[nH]nc2C2CCCCC2)c2ccccc21. The lowest BCUT2D eigenvalue weighted by atomic mass is 9.81. The van der Waals surface area contributed by atoms with Crippen molar-refractivity contribution in [2.45, 2.75) is 63.7 Å². The molecule has 2 aliphatic rings. The Balaban J connectivity index is 1.76. The van der Waals surface area contributed by atoms with Crippen LogP contribution in [0.5, 0.6) is 0 Å². The predicted octanol–water partition coefficient (Wildman–Crippen LogP) is 7.27. The zero-order chi connectivity index (χ0) is 23.1. The fraction of sp³-hybridized carbons (Fsp3) is 0.385. The third-order valence-corrected chi connectivity index (χ3v) is 6.97. The minimum Gasteiger partial charge on any atom is -0.204 e. The Hall–Kier alpha value is -2.96. The van der Waals surface area contributed by atoms with Gasteiger partial charge in [0.05, 0.1) is 17.3 Å². The summed E-state index contributed by atoms with van der Waals surface area (Å²) >= 11 is 0. The summed E-state index contributed by atoms with van der Waals surface area (Å²) < 4.78 is 57.6. The second-order valence-corrected chi connectivity index (χ2v) is 8.94. The molecular weight excluding hydrogens is 430 g/mol. The number of allylic oxidation sites excluding steroid dienone is 2. The average molecular weight is 455 g/mol. The van der Waals surface area contributed by atoms with Crippen molar-refractivity contribution >= 4 is 11.1 Å². The Kier molecular flexibility index (Phi) is 5.81. The van der Waals surface area contributed by atoms with Gasteiger partial charge in [0.15, 0.2) is 23.3 Å². The van der Waals surface area contributed by atoms with Crippen molar-refractivity contribution < 1.29 is 17.6 Å². The molecule has 2 aromatic carbocycles. The first kappa shape index (κ1) is 21.9. The van der Waals surface area contributed by atoms with Gasteiger partial charge in [0.25, 0.3) is 0 Å². The molecule has 5 rings (SSSR count). The Morgan fingerprint density at radius 2 is 1.61 bits per heavy atom. The number of hydrogen-bond acceptors (Lipinski definition) is 2. The molecule has 1 heterocycles. The normalized spacial score (nSPS) is 18.8. The predicted molar refractivity (Wildman–Crippen MR) is 118 cm³/mol. The van der Waals surface area contributed by atoms with Crippen molar-refractivity contribution in [2.75, 3.05) is 0 Å². The molecule has 33 heavy (non-hydrogen) atoms. The number of benzene rings is 2. The standard InChI is InChI=1S/C26H25F4N3/c1-2-8-16-15-11-6-7-12-17(15)21(20(16)18-13-19(27)23(29)24(30)22(18)28)26-25(31-33-32-26)14-9-4-3-5-10-14/h6-7,11-14,21H,2-5,8-10H2,1H3,(H,31,32,33). The number of halogens is 4. The van der Waals surface area contributed by atoms with Gasteiger partial charge in [-0.1, -0.05) is 56.9 Å². The summed E-state index contributed by atoms with van der Waals surface area (Å²) in [4.78, 5) is 0. The molecule has 3 aromatic rings. The Bertz CT molecular complexity index is 1220. The smallest absolute Gasteiger partial charge is 0.198 e. The van der Waals surface area contributed by atoms with E-state index in [4.69, 9.17) is 0 Å². The van der Waals surface area contributed by atoms with Crippen LogP contribution in [-0.2, 0) is 0 Å². The molecule has 1 atom stereocenters. The highest BCUT2D eigenvalue weighted by Gasteiger charge is 2.39. The van der Waals surface area contributed by atoms with E-state index in [2.05, 4.69) is 15.4 Å². The van der Waals surface area contributed by atoms with E-state index in [1.807, 2.05) is 31.2 Å². The minimum atomic E-state index is -1.80. The number of H-pyrrole nitrogens is 1. The van der Waals surface area contributed by atoms with Crippen molar-refractivity contribution in [3.8, 4) is 0 Å². The van der Waals surface area contributed by atoms with E-state index in [9.17, 15) is 13.2 Å². The highest BCUT2D eigenvalue weighted by atomic mass is 19.2. The number of rotatable bonds is 5. The monoisotopic (exact) mass is 455 g/mol. The average Bonchev–Trinajstić information content (AvgIpc) is 3.44. The van der Waals surface area contributed by atoms with Gasteiger partial charge < -0.3 is 0 Å². The molecule has 1 unspecified atom stereocenters. The summed E-state index contributed by atoms with van der Waals surface area (Å²) in [5.41, 5.74) is 4.27. The first-order chi connectivity index (χ1) is 16.0. The van der Waals surface area contributed by atoms with Crippen molar-refractivity contribution in [3.63, 3.8) is 0 Å². The van der Waals surface area contributed by atoms with Gasteiger partial charge in [-0.2, -0.15) is 15.4 Å². The van der Waals surface area contributed by atoms with Gasteiger partial charge in [0, 0.05) is 11.5 Å². The van der Waals surface area contributed by atoms with E-state index < -0.39 is 29.2 Å². The van der Waals surface area contributed by atoms with Crippen molar-refractivity contribution in [1.82, 2.24) is 15.4 Å². The number of fused-ring (bicyclic) bond motifs is 1. The van der Waals surface area contributed by atoms with Crippen molar-refractivity contribution in [2.24, 2.45) is 0 Å². The van der Waals surface area contributed by atoms with Crippen LogP contribution in [0.25, 0.3) is 11.1 Å². The summed E-state index contributed by atoms with van der Waals surface area (Å²) in [6.07, 6.45) is 6.70. The van der Waals surface area contributed by atoms with Gasteiger partial charge in [-0.25, -0.2) is 17.6 Å². The van der Waals surface area contributed by atoms with Gasteiger partial charge in [-0.05, 0) is 47.6 Å². The van der Waals surface area contributed by atoms with E-state index in [-0.39, 0.29) is 11.5 Å². The lowest BCUT2D eigenvalue weighted by molar-refractivity contribution is 0.407. The van der Waals surface area contributed by atoms with Crippen LogP contribution in [0.3, 0.4) is 0 Å². The quantitative estimate of drug-likeness (QED) is 0.250. The highest BCUT2D eigenvalue weighted by molar-refractivity contribution is 6.01. The fourth-order valence-electron chi connectivity index (χ4n) is 5.52. The molecule has 1 fully saturated rings. The van der Waals surface area contributed by atoms with E-state index >= 15 is 4.39 Å². The highest BCUT2D eigenvalue weighted by Crippen LogP contribution is 2.53. The molecule has 0 amide bonds. The van der Waals surface area contributed by atoms with Gasteiger partial charge in [-0.15, -0.1) is 0 Å². The van der Waals surface area contributed by atoms with E-state index in [1.54, 1.807) is 0 Å². The number of aromatic amines is 1. The molecule has 1 aromatic heterocycles. The topological polar surface area (TPSA) is 41.6 Å². The molecular formula is C26H25F4N3. The molecule has 0 saturated heterocycles. The first-order valence-electron chi connectivity index (χ1n) is 11.6. The largest absolute Gasteiger partial charge is 0.204 e. The number of nitrogens with zero attached hydrogens (tertiary/aromatic N) is 2. The Labute approximate surface area is 189 Å². The first-order valence-corrected chi connectivity index (χ1v) is 11.6. The van der Waals surface area contributed by atoms with Gasteiger partial charge in [0.1, 0.15) is 0 Å². The zero-order valence-electron chi connectivity index (χ0n) is 18.4. The third kappa shape index (κ3) is 3.58. The summed E-state index contributed by atoms with van der Waals surface area (Å²) in [5.74, 6) is -6.70. The van der Waals surface area contributed by atoms with Crippen LogP contribution in [0.1, 0.15) is 91.8 Å². The second-order valence-electron chi connectivity index (χ2n) is 8.94. The van der Waals surface area contributed by atoms with Gasteiger partial charge >= 0.3 is 0 Å². The molecule has 0 aliphatic heterocycles. The fourth-order valence-corrected chi connectivity index (χ4v) is 5.52. The molecule has 172 valence electrons. The summed E-state index contributed by atoms with van der Waals surface area (Å²) in [5, 5.41) is 11.7. The summed E-state index contributed by atoms with van der Waals surface area (Å²) in [6, 6.07) is 8.44. The van der Waals surface area contributed by atoms with E-state index in [0.29, 0.717) is 17.7 Å². The van der Waals surface area contributed by atoms with Crippen molar-refractivity contribution in [3.05, 3.63) is 81.7 Å². The molecule has 3 nitrogen and oxygen atoms in total. The number of nitrogens with one attached hydrogen (secondary N) is 1. The maximum absolute atomic E-state index is 15.1. The van der Waals surface area contributed by atoms with Gasteiger partial charge in [0.2, 0.25) is 0 Å². The molecule has 0 radical (unpaired) electrons. The number of hydrogen-bond donors (Lipinski definition) is 1. The number of aromatic nitrogens is 3. The summed E-state index contributed by atoms with van der Waals surface area (Å²) in [6.45, 7) is 1.99. The van der Waals surface area contributed by atoms with Crippen LogP contribution >= 0.6 is 0 Å². The molecule has 1 N–H and O–H groups in total. The van der Waals surface area contributed by atoms with Crippen LogP contribution in [0.4, 0.5) is 17.6 Å². The van der Waals surface area contributed by atoms with Crippen LogP contribution in [-0.4, -0.2) is 15.4 Å². The maximum atomic E-state index is 15.1. The maximum Gasteiger partial charge on any atom is 0.198 e. The third-order valence-electron chi connectivity index (χ3n) is 6.97.